The topological polar surface area (TPSA) is 21.1 Å². The molecule has 3 heteroatoms. The summed E-state index contributed by atoms with van der Waals surface area (Å²) in [6.07, 6.45) is 0. The van der Waals surface area contributed by atoms with Gasteiger partial charge in [-0.3, -0.25) is 4.57 Å². The molecule has 0 N–H and O–H groups in total. The average Bonchev–Trinajstić information content (AvgIpc) is 3.62. The van der Waals surface area contributed by atoms with Gasteiger partial charge in [-0.2, -0.15) is 0 Å². The van der Waals surface area contributed by atoms with Gasteiger partial charge in [0, 0.05) is 18.2 Å². The first-order chi connectivity index (χ1) is 26.2. The van der Waals surface area contributed by atoms with E-state index in [1.54, 1.807) is 0 Å². The molecule has 0 aliphatic carbocycles. The lowest BCUT2D eigenvalue weighted by molar-refractivity contribution is 1.05. The van der Waals surface area contributed by atoms with Gasteiger partial charge >= 0.3 is 0 Å². The first-order valence-corrected chi connectivity index (χ1v) is 18.2. The zero-order chi connectivity index (χ0) is 35.0. The number of anilines is 2. The smallest absolute Gasteiger partial charge is 0.145 e. The van der Waals surface area contributed by atoms with Gasteiger partial charge in [0.25, 0.3) is 0 Å². The molecule has 1 aliphatic heterocycles. The summed E-state index contributed by atoms with van der Waals surface area (Å²) < 4.78 is 2.39. The van der Waals surface area contributed by atoms with E-state index in [1.807, 2.05) is 0 Å². The van der Waals surface area contributed by atoms with Crippen LogP contribution >= 0.6 is 0 Å². The maximum atomic E-state index is 5.31. The first kappa shape index (κ1) is 29.7. The lowest BCUT2D eigenvalue weighted by Gasteiger charge is -2.32. The molecule has 248 valence electrons. The fourth-order valence-electron chi connectivity index (χ4n) is 8.74. The van der Waals surface area contributed by atoms with E-state index in [0.717, 1.165) is 33.8 Å². The number of hydrogen-bond donors (Lipinski definition) is 0. The van der Waals surface area contributed by atoms with E-state index in [4.69, 9.17) is 4.98 Å². The monoisotopic (exact) mass is 675 g/mol. The van der Waals surface area contributed by atoms with Crippen LogP contribution in [0.2, 0.25) is 0 Å². The molecule has 0 atom stereocenters. The Morgan fingerprint density at radius 3 is 1.79 bits per heavy atom. The van der Waals surface area contributed by atoms with Crippen molar-refractivity contribution in [2.45, 2.75) is 0 Å². The Balaban J connectivity index is 1.19. The van der Waals surface area contributed by atoms with Gasteiger partial charge in [0.05, 0.1) is 28.1 Å². The number of para-hydroxylation sites is 2. The number of aromatic nitrogens is 2. The Kier molecular flexibility index (Phi) is 6.47. The van der Waals surface area contributed by atoms with E-state index in [2.05, 4.69) is 199 Å². The highest BCUT2D eigenvalue weighted by Gasteiger charge is 2.30. The minimum atomic E-state index is 0.952. The van der Waals surface area contributed by atoms with Crippen molar-refractivity contribution in [1.82, 2.24) is 9.55 Å². The van der Waals surface area contributed by atoms with Crippen molar-refractivity contribution in [2.24, 2.45) is 0 Å². The maximum absolute atomic E-state index is 5.31. The summed E-state index contributed by atoms with van der Waals surface area (Å²) in [4.78, 5) is 7.68. The lowest BCUT2D eigenvalue weighted by Crippen LogP contribution is -2.19. The molecule has 1 aromatic heterocycles. The van der Waals surface area contributed by atoms with Crippen LogP contribution in [0.25, 0.3) is 93.8 Å². The highest BCUT2D eigenvalue weighted by molar-refractivity contribution is 6.23. The third kappa shape index (κ3) is 4.44. The van der Waals surface area contributed by atoms with Crippen LogP contribution in [0.3, 0.4) is 0 Å². The lowest BCUT2D eigenvalue weighted by atomic mass is 9.84. The van der Waals surface area contributed by atoms with Gasteiger partial charge in [-0.15, -0.1) is 0 Å². The number of rotatable bonds is 4. The number of fused-ring (bicyclic) bond motifs is 5. The molecule has 0 spiro atoms. The van der Waals surface area contributed by atoms with Gasteiger partial charge in [0.2, 0.25) is 0 Å². The van der Waals surface area contributed by atoms with Gasteiger partial charge in [-0.1, -0.05) is 152 Å². The summed E-state index contributed by atoms with van der Waals surface area (Å²) in [6.45, 7) is 0. The molecule has 0 amide bonds. The van der Waals surface area contributed by atoms with Crippen LogP contribution in [-0.4, -0.2) is 16.6 Å². The van der Waals surface area contributed by atoms with Crippen LogP contribution < -0.4 is 4.90 Å². The Morgan fingerprint density at radius 1 is 0.415 bits per heavy atom. The number of imidazole rings is 1. The van der Waals surface area contributed by atoms with Gasteiger partial charge in [-0.25, -0.2) is 4.98 Å². The molecule has 2 heterocycles. The quantitative estimate of drug-likeness (QED) is 0.173. The number of hydrogen-bond acceptors (Lipinski definition) is 2. The largest absolute Gasteiger partial charge is 0.341 e. The predicted molar refractivity (Wildman–Crippen MR) is 223 cm³/mol. The SMILES string of the molecule is CN1c2c(-c3c4ccccc4c(-c4cccc(-c5ccccc5)c4)c4ccccc34)cccc2-n2c(-c3ccc4ccccc4c3)nc3cccc1c32. The van der Waals surface area contributed by atoms with E-state index in [1.165, 1.54) is 71.4 Å². The molecule has 1 aliphatic rings. The predicted octanol–water partition coefficient (Wildman–Crippen LogP) is 13.2. The summed E-state index contributed by atoms with van der Waals surface area (Å²) in [5.41, 5.74) is 14.0. The van der Waals surface area contributed by atoms with Gasteiger partial charge in [0.1, 0.15) is 5.82 Å². The molecule has 0 radical (unpaired) electrons. The summed E-state index contributed by atoms with van der Waals surface area (Å²) in [6, 6.07) is 66.0. The third-order valence-electron chi connectivity index (χ3n) is 11.1. The minimum absolute atomic E-state index is 0.952. The molecule has 10 aromatic rings. The van der Waals surface area contributed by atoms with E-state index < -0.39 is 0 Å². The van der Waals surface area contributed by atoms with Crippen LogP contribution in [0.1, 0.15) is 0 Å². The molecule has 53 heavy (non-hydrogen) atoms. The first-order valence-electron chi connectivity index (χ1n) is 18.2. The molecule has 0 fully saturated rings. The van der Waals surface area contributed by atoms with Crippen molar-refractivity contribution in [2.75, 3.05) is 11.9 Å². The zero-order valence-corrected chi connectivity index (χ0v) is 29.2. The number of nitrogens with zero attached hydrogens (tertiary/aromatic N) is 3. The van der Waals surface area contributed by atoms with E-state index in [0.29, 0.717) is 0 Å². The molecule has 0 bridgehead atoms. The highest BCUT2D eigenvalue weighted by Crippen LogP contribution is 2.52. The normalized spacial score (nSPS) is 12.2. The molecule has 3 nitrogen and oxygen atoms in total. The van der Waals surface area contributed by atoms with Crippen molar-refractivity contribution in [1.29, 1.82) is 0 Å². The van der Waals surface area contributed by atoms with Crippen LogP contribution in [0.5, 0.6) is 0 Å². The molecule has 0 saturated heterocycles. The fourth-order valence-corrected chi connectivity index (χ4v) is 8.74. The van der Waals surface area contributed by atoms with Crippen molar-refractivity contribution >= 4 is 54.7 Å². The van der Waals surface area contributed by atoms with Crippen molar-refractivity contribution < 1.29 is 0 Å². The number of benzene rings is 9. The van der Waals surface area contributed by atoms with Crippen LogP contribution in [-0.2, 0) is 0 Å². The molecular formula is C50H33N3. The van der Waals surface area contributed by atoms with Gasteiger partial charge in [-0.05, 0) is 90.5 Å². The van der Waals surface area contributed by atoms with Crippen molar-refractivity contribution in [3.8, 4) is 50.5 Å². The van der Waals surface area contributed by atoms with Gasteiger partial charge < -0.3 is 4.90 Å². The maximum Gasteiger partial charge on any atom is 0.145 e. The fraction of sp³-hybridized carbons (Fsp3) is 0.0200. The third-order valence-corrected chi connectivity index (χ3v) is 11.1. The van der Waals surface area contributed by atoms with E-state index in [9.17, 15) is 0 Å². The average molecular weight is 676 g/mol. The molecule has 11 rings (SSSR count). The van der Waals surface area contributed by atoms with Crippen molar-refractivity contribution in [3.63, 3.8) is 0 Å². The molecule has 0 unspecified atom stereocenters. The van der Waals surface area contributed by atoms with E-state index in [-0.39, 0.29) is 0 Å². The van der Waals surface area contributed by atoms with Crippen molar-refractivity contribution in [3.05, 3.63) is 182 Å². The Bertz CT molecular complexity index is 3020. The highest BCUT2D eigenvalue weighted by atomic mass is 15.2. The van der Waals surface area contributed by atoms with E-state index >= 15 is 0 Å². The Hall–Kier alpha value is -6.97. The summed E-state index contributed by atoms with van der Waals surface area (Å²) in [5, 5.41) is 7.38. The molecule has 0 saturated carbocycles. The zero-order valence-electron chi connectivity index (χ0n) is 29.2. The van der Waals surface area contributed by atoms with Crippen LogP contribution in [0, 0.1) is 0 Å². The Morgan fingerprint density at radius 2 is 1.02 bits per heavy atom. The van der Waals surface area contributed by atoms with Gasteiger partial charge in [0.15, 0.2) is 0 Å². The summed E-state index contributed by atoms with van der Waals surface area (Å²) in [7, 11) is 2.21. The van der Waals surface area contributed by atoms with Crippen LogP contribution in [0.15, 0.2) is 182 Å². The second kappa shape index (κ2) is 11.5. The standard InChI is InChI=1S/C50H33N3/c1-52-44-26-13-25-43-49(44)53(50(51-43)37-29-28-33-16-5-6-17-34(33)31-37)45-27-12-24-42(48(45)52)47-40-22-9-7-20-38(40)46(39-21-8-10-23-41(39)47)36-19-11-18-35(30-36)32-14-3-2-4-15-32/h2-31H,1H3. The second-order valence-electron chi connectivity index (χ2n) is 14.0. The summed E-state index contributed by atoms with van der Waals surface area (Å²) in [5.74, 6) is 0.952. The molecule has 9 aromatic carbocycles. The second-order valence-corrected chi connectivity index (χ2v) is 14.0. The molecular weight excluding hydrogens is 643 g/mol. The van der Waals surface area contributed by atoms with Crippen LogP contribution in [0.4, 0.5) is 11.4 Å². The Labute approximate surface area is 307 Å². The summed E-state index contributed by atoms with van der Waals surface area (Å²) >= 11 is 0. The minimum Gasteiger partial charge on any atom is -0.341 e.